The summed E-state index contributed by atoms with van der Waals surface area (Å²) in [5.74, 6) is -2.52. The average Bonchev–Trinajstić information content (AvgIpc) is 2.41. The number of ketones is 2. The van der Waals surface area contributed by atoms with Gasteiger partial charge in [-0.25, -0.2) is 4.39 Å². The van der Waals surface area contributed by atoms with Crippen LogP contribution < -0.4 is 0 Å². The summed E-state index contributed by atoms with van der Waals surface area (Å²) in [6.07, 6.45) is 0. The summed E-state index contributed by atoms with van der Waals surface area (Å²) >= 11 is 5.57. The molecule has 0 saturated heterocycles. The first kappa shape index (κ1) is 12.5. The van der Waals surface area contributed by atoms with Crippen molar-refractivity contribution in [1.82, 2.24) is 0 Å². The Bertz CT molecular complexity index is 608. The molecule has 0 spiro atoms. The number of hydrogen-bond donors (Lipinski definition) is 0. The Labute approximate surface area is 108 Å². The van der Waals surface area contributed by atoms with Crippen molar-refractivity contribution in [3.05, 3.63) is 70.5 Å². The molecule has 0 fully saturated rings. The molecule has 0 saturated carbocycles. The van der Waals surface area contributed by atoms with Gasteiger partial charge in [-0.1, -0.05) is 48.0 Å². The maximum absolute atomic E-state index is 13.6. The molecular formula is C14H8ClFO2. The van der Waals surface area contributed by atoms with Crippen LogP contribution in [0.15, 0.2) is 48.5 Å². The predicted octanol–water partition coefficient (Wildman–Crippen LogP) is 3.54. The molecule has 0 aliphatic carbocycles. The second-order valence-electron chi connectivity index (χ2n) is 3.63. The van der Waals surface area contributed by atoms with E-state index in [2.05, 4.69) is 0 Å². The first-order valence-corrected chi connectivity index (χ1v) is 5.57. The zero-order valence-corrected chi connectivity index (χ0v) is 9.95. The van der Waals surface area contributed by atoms with Gasteiger partial charge in [-0.2, -0.15) is 0 Å². The molecule has 0 bridgehead atoms. The van der Waals surface area contributed by atoms with Gasteiger partial charge in [0.2, 0.25) is 11.6 Å². The molecule has 0 radical (unpaired) electrons. The third-order valence-corrected chi connectivity index (χ3v) is 2.73. The molecule has 2 nitrogen and oxygen atoms in total. The molecule has 4 heteroatoms. The highest BCUT2D eigenvalue weighted by molar-refractivity contribution is 6.49. The summed E-state index contributed by atoms with van der Waals surface area (Å²) in [6, 6.07) is 12.0. The van der Waals surface area contributed by atoms with Crippen molar-refractivity contribution >= 4 is 23.2 Å². The van der Waals surface area contributed by atoms with Gasteiger partial charge in [0.05, 0.1) is 10.6 Å². The Morgan fingerprint density at radius 1 is 0.889 bits per heavy atom. The first-order valence-electron chi connectivity index (χ1n) is 5.19. The van der Waals surface area contributed by atoms with Crippen LogP contribution >= 0.6 is 11.6 Å². The fraction of sp³-hybridized carbons (Fsp3) is 0. The van der Waals surface area contributed by atoms with Crippen LogP contribution in [0.25, 0.3) is 0 Å². The second-order valence-corrected chi connectivity index (χ2v) is 4.03. The highest BCUT2D eigenvalue weighted by atomic mass is 35.5. The van der Waals surface area contributed by atoms with Crippen molar-refractivity contribution in [3.8, 4) is 0 Å². The van der Waals surface area contributed by atoms with E-state index in [-0.39, 0.29) is 16.1 Å². The van der Waals surface area contributed by atoms with Crippen LogP contribution in [0.1, 0.15) is 20.7 Å². The van der Waals surface area contributed by atoms with Gasteiger partial charge >= 0.3 is 0 Å². The molecule has 0 aliphatic rings. The van der Waals surface area contributed by atoms with E-state index < -0.39 is 17.4 Å². The number of Topliss-reactive ketones (excluding diaryl/α,β-unsaturated/α-hetero) is 2. The monoisotopic (exact) mass is 262 g/mol. The molecule has 0 aliphatic heterocycles. The van der Waals surface area contributed by atoms with Gasteiger partial charge in [0.15, 0.2) is 5.82 Å². The summed E-state index contributed by atoms with van der Waals surface area (Å²) in [7, 11) is 0. The molecule has 0 N–H and O–H groups in total. The van der Waals surface area contributed by atoms with Crippen LogP contribution in [-0.4, -0.2) is 11.6 Å². The highest BCUT2D eigenvalue weighted by Crippen LogP contribution is 2.19. The Morgan fingerprint density at radius 2 is 1.56 bits per heavy atom. The quantitative estimate of drug-likeness (QED) is 0.626. The Balaban J connectivity index is 2.38. The van der Waals surface area contributed by atoms with Crippen molar-refractivity contribution in [2.24, 2.45) is 0 Å². The van der Waals surface area contributed by atoms with Gasteiger partial charge < -0.3 is 0 Å². The van der Waals surface area contributed by atoms with E-state index in [0.717, 1.165) is 0 Å². The van der Waals surface area contributed by atoms with Crippen LogP contribution in [0.3, 0.4) is 0 Å². The number of halogens is 2. The number of carbonyl (C=O) groups is 2. The first-order chi connectivity index (χ1) is 8.61. The molecule has 0 heterocycles. The van der Waals surface area contributed by atoms with Crippen molar-refractivity contribution < 1.29 is 14.0 Å². The standard InChI is InChI=1S/C14H8ClFO2/c15-11-8-4-7-10(12(11)16)14(18)13(17)9-5-2-1-3-6-9/h1-8H. The molecule has 0 atom stereocenters. The molecule has 0 amide bonds. The second kappa shape index (κ2) is 5.10. The zero-order valence-electron chi connectivity index (χ0n) is 9.19. The van der Waals surface area contributed by atoms with Gasteiger partial charge in [-0.15, -0.1) is 0 Å². The van der Waals surface area contributed by atoms with E-state index in [9.17, 15) is 14.0 Å². The van der Waals surface area contributed by atoms with E-state index in [1.807, 2.05) is 0 Å². The van der Waals surface area contributed by atoms with E-state index in [4.69, 9.17) is 11.6 Å². The van der Waals surface area contributed by atoms with Crippen molar-refractivity contribution in [3.63, 3.8) is 0 Å². The number of hydrogen-bond acceptors (Lipinski definition) is 2. The van der Waals surface area contributed by atoms with Crippen LogP contribution in [0.2, 0.25) is 5.02 Å². The van der Waals surface area contributed by atoms with Crippen molar-refractivity contribution in [2.75, 3.05) is 0 Å². The topological polar surface area (TPSA) is 34.1 Å². The molecule has 2 rings (SSSR count). The molecule has 2 aromatic rings. The smallest absolute Gasteiger partial charge is 0.236 e. The summed E-state index contributed by atoms with van der Waals surface area (Å²) < 4.78 is 13.6. The summed E-state index contributed by atoms with van der Waals surface area (Å²) in [6.45, 7) is 0. The lowest BCUT2D eigenvalue weighted by Crippen LogP contribution is -2.16. The lowest BCUT2D eigenvalue weighted by atomic mass is 10.0. The Kier molecular flexibility index (Phi) is 3.53. The number of benzene rings is 2. The lowest BCUT2D eigenvalue weighted by molar-refractivity contribution is 0.0814. The van der Waals surface area contributed by atoms with Gasteiger partial charge in [0.1, 0.15) is 0 Å². The zero-order chi connectivity index (χ0) is 13.1. The number of carbonyl (C=O) groups excluding carboxylic acids is 2. The lowest BCUT2D eigenvalue weighted by Gasteiger charge is -2.03. The normalized spacial score (nSPS) is 10.1. The average molecular weight is 263 g/mol. The van der Waals surface area contributed by atoms with Gasteiger partial charge in [-0.05, 0) is 12.1 Å². The minimum atomic E-state index is -0.902. The minimum absolute atomic E-state index is 0.179. The predicted molar refractivity (Wildman–Crippen MR) is 66.5 cm³/mol. The van der Waals surface area contributed by atoms with Crippen LogP contribution in [-0.2, 0) is 0 Å². The fourth-order valence-electron chi connectivity index (χ4n) is 1.52. The largest absolute Gasteiger partial charge is 0.285 e. The SMILES string of the molecule is O=C(C(=O)c1cccc(Cl)c1F)c1ccccc1. The van der Waals surface area contributed by atoms with E-state index in [1.54, 1.807) is 18.2 Å². The molecule has 18 heavy (non-hydrogen) atoms. The molecule has 0 aromatic heterocycles. The molecule has 2 aromatic carbocycles. The summed E-state index contributed by atoms with van der Waals surface area (Å²) in [4.78, 5) is 23.7. The maximum Gasteiger partial charge on any atom is 0.236 e. The van der Waals surface area contributed by atoms with Gasteiger partial charge in [-0.3, -0.25) is 9.59 Å². The van der Waals surface area contributed by atoms with E-state index >= 15 is 0 Å². The Morgan fingerprint density at radius 3 is 2.22 bits per heavy atom. The van der Waals surface area contributed by atoms with Crippen LogP contribution in [0, 0.1) is 5.82 Å². The minimum Gasteiger partial charge on any atom is -0.285 e. The fourth-order valence-corrected chi connectivity index (χ4v) is 1.70. The molecular weight excluding hydrogens is 255 g/mol. The Hall–Kier alpha value is -2.00. The van der Waals surface area contributed by atoms with Crippen molar-refractivity contribution in [2.45, 2.75) is 0 Å². The maximum atomic E-state index is 13.6. The molecule has 90 valence electrons. The number of rotatable bonds is 3. The molecule has 0 unspecified atom stereocenters. The third-order valence-electron chi connectivity index (χ3n) is 2.44. The summed E-state index contributed by atoms with van der Waals surface area (Å²) in [5.41, 5.74) is -0.0850. The highest BCUT2D eigenvalue weighted by Gasteiger charge is 2.22. The van der Waals surface area contributed by atoms with E-state index in [0.29, 0.717) is 0 Å². The van der Waals surface area contributed by atoms with Gasteiger partial charge in [0, 0.05) is 5.56 Å². The van der Waals surface area contributed by atoms with Crippen LogP contribution in [0.5, 0.6) is 0 Å². The van der Waals surface area contributed by atoms with Crippen LogP contribution in [0.4, 0.5) is 4.39 Å². The summed E-state index contributed by atoms with van der Waals surface area (Å²) in [5, 5.41) is -0.179. The van der Waals surface area contributed by atoms with Crippen molar-refractivity contribution in [1.29, 1.82) is 0 Å². The third kappa shape index (κ3) is 2.31. The van der Waals surface area contributed by atoms with Gasteiger partial charge in [0.25, 0.3) is 0 Å². The van der Waals surface area contributed by atoms with E-state index in [1.165, 1.54) is 30.3 Å².